The van der Waals surface area contributed by atoms with E-state index < -0.39 is 0 Å². The van der Waals surface area contributed by atoms with Crippen LogP contribution < -0.4 is 0 Å². The van der Waals surface area contributed by atoms with Crippen LogP contribution in [0.15, 0.2) is 0 Å². The minimum atomic E-state index is 0. The van der Waals surface area contributed by atoms with Crippen molar-refractivity contribution in [1.82, 2.24) is 0 Å². The van der Waals surface area contributed by atoms with E-state index in [-0.39, 0.29) is 21.7 Å². The van der Waals surface area contributed by atoms with Gasteiger partial charge in [0.2, 0.25) is 0 Å². The Bertz CT molecular complexity index is 12.5. The maximum absolute atomic E-state index is 6.75. The fourth-order valence-electron chi connectivity index (χ4n) is 0. The average molecular weight is 172 g/mol. The number of aliphatic hydroxyl groups is 4. The van der Waals surface area contributed by atoms with Crippen molar-refractivity contribution in [3.8, 4) is 0 Å². The van der Waals surface area contributed by atoms with Crippen LogP contribution in [0.1, 0.15) is 0 Å². The Kier molecular flexibility index (Phi) is 5950. The summed E-state index contributed by atoms with van der Waals surface area (Å²) in [4.78, 5) is 0. The van der Waals surface area contributed by atoms with Crippen molar-refractivity contribution in [1.29, 1.82) is 0 Å². The van der Waals surface area contributed by atoms with Crippen molar-refractivity contribution in [3.05, 3.63) is 28.4 Å². The predicted molar refractivity (Wildman–Crippen MR) is 29.2 cm³/mol. The fraction of sp³-hybridized carbons (Fsp3) is 0. The van der Waals surface area contributed by atoms with Crippen LogP contribution in [0.3, 0.4) is 0 Å². The molecule has 4 N–H and O–H groups in total. The van der Waals surface area contributed by atoms with Crippen LogP contribution >= 0.6 is 0 Å². The molecule has 0 fully saturated rings. The van der Waals surface area contributed by atoms with E-state index in [1.807, 2.05) is 0 Å². The van der Waals surface area contributed by atoms with E-state index in [0.717, 1.165) is 0 Å². The first-order valence-electron chi connectivity index (χ1n) is 1.26. The van der Waals surface area contributed by atoms with Gasteiger partial charge in [0.15, 0.2) is 0 Å². The minimum Gasteiger partial charge on any atom is -0.569 e. The van der Waals surface area contributed by atoms with Gasteiger partial charge in [-0.2, -0.15) is 0 Å². The first-order valence-corrected chi connectivity index (χ1v) is 1.26. The van der Waals surface area contributed by atoms with Crippen molar-refractivity contribution < 1.29 is 42.1 Å². The molecular weight excluding hydrogens is 160 g/mol. The van der Waals surface area contributed by atoms with Gasteiger partial charge < -0.3 is 20.4 Å². The van der Waals surface area contributed by atoms with Crippen LogP contribution in [-0.4, -0.2) is 20.4 Å². The molecule has 0 aliphatic heterocycles. The second kappa shape index (κ2) is 1590. The third-order valence-corrected chi connectivity index (χ3v) is 0. The first kappa shape index (κ1) is 33.7. The molecule has 0 aromatic rings. The quantitative estimate of drug-likeness (QED) is 0.318. The van der Waals surface area contributed by atoms with Crippen molar-refractivity contribution in [3.63, 3.8) is 0 Å². The standard InChI is InChI=1S/4CH3O.Ti/c4*1-2;/h4*2H,1H2;/q4*-1;+4. The summed E-state index contributed by atoms with van der Waals surface area (Å²) >= 11 is 0. The van der Waals surface area contributed by atoms with E-state index in [9.17, 15) is 0 Å². The maximum Gasteiger partial charge on any atom is 4.00 e. The Balaban J connectivity index is -0.00000000762. The third-order valence-electron chi connectivity index (χ3n) is 0. The summed E-state index contributed by atoms with van der Waals surface area (Å²) in [7, 11) is 9.00. The van der Waals surface area contributed by atoms with E-state index in [1.54, 1.807) is 0 Å². The van der Waals surface area contributed by atoms with Crippen LogP contribution in [0.4, 0.5) is 0 Å². The van der Waals surface area contributed by atoms with Crippen molar-refractivity contribution in [2.75, 3.05) is 0 Å². The molecule has 0 amide bonds. The van der Waals surface area contributed by atoms with Gasteiger partial charge in [-0.25, -0.2) is 28.4 Å². The average Bonchev–Trinajstić information content (AvgIpc) is 2.03. The molecule has 0 saturated heterocycles. The minimum absolute atomic E-state index is 0. The molecule has 0 unspecified atom stereocenters. The summed E-state index contributed by atoms with van der Waals surface area (Å²) in [5, 5.41) is 27.0. The largest absolute Gasteiger partial charge is 4.00 e. The Morgan fingerprint density at radius 2 is 0.444 bits per heavy atom. The molecular formula is C4H12O4Ti. The summed E-state index contributed by atoms with van der Waals surface area (Å²) in [5.74, 6) is 0. The van der Waals surface area contributed by atoms with Gasteiger partial charge >= 0.3 is 21.7 Å². The van der Waals surface area contributed by atoms with Crippen LogP contribution in [0.25, 0.3) is 0 Å². The molecule has 0 saturated carbocycles. The zero-order valence-corrected chi connectivity index (χ0v) is 6.68. The second-order valence-electron chi connectivity index (χ2n) is 0. The van der Waals surface area contributed by atoms with Crippen molar-refractivity contribution in [2.45, 2.75) is 0 Å². The predicted octanol–water partition coefficient (Wildman–Crippen LogP) is 0.599. The fourth-order valence-corrected chi connectivity index (χ4v) is 0. The van der Waals surface area contributed by atoms with Crippen LogP contribution in [0.5, 0.6) is 0 Å². The van der Waals surface area contributed by atoms with E-state index in [1.165, 1.54) is 0 Å². The molecule has 0 aliphatic carbocycles. The van der Waals surface area contributed by atoms with Gasteiger partial charge in [-0.05, 0) is 0 Å². The molecule has 0 radical (unpaired) electrons. The van der Waals surface area contributed by atoms with Gasteiger partial charge in [-0.1, -0.05) is 0 Å². The molecule has 4 nitrogen and oxygen atoms in total. The maximum atomic E-state index is 6.75. The topological polar surface area (TPSA) is 80.9 Å². The van der Waals surface area contributed by atoms with Gasteiger partial charge in [0, 0.05) is 0 Å². The summed E-state index contributed by atoms with van der Waals surface area (Å²) < 4.78 is 0. The number of aliphatic hydroxyl groups excluding tert-OH is 4. The summed E-state index contributed by atoms with van der Waals surface area (Å²) in [5.41, 5.74) is 0. The molecule has 0 aliphatic rings. The normalized spacial score (nSPS) is 2.67. The smallest absolute Gasteiger partial charge is 0.569 e. The first-order chi connectivity index (χ1) is 4.00. The Hall–Kier alpha value is 0.554. The zero-order valence-electron chi connectivity index (χ0n) is 5.12. The van der Waals surface area contributed by atoms with Crippen LogP contribution in [0, 0.1) is 28.4 Å². The zero-order chi connectivity index (χ0) is 8.00. The van der Waals surface area contributed by atoms with Gasteiger partial charge in [0.05, 0.1) is 0 Å². The van der Waals surface area contributed by atoms with E-state index in [2.05, 4.69) is 28.4 Å². The molecule has 5 heteroatoms. The molecule has 0 atom stereocenters. The SMILES string of the molecule is [CH2-]O.[CH2-]O.[CH2-]O.[CH2-]O.[Ti+4]. The number of rotatable bonds is 0. The molecule has 0 heterocycles. The third kappa shape index (κ3) is 1200. The Labute approximate surface area is 71.0 Å². The van der Waals surface area contributed by atoms with Gasteiger partial charge in [0.25, 0.3) is 0 Å². The molecule has 0 aromatic carbocycles. The molecule has 0 bridgehead atoms. The summed E-state index contributed by atoms with van der Waals surface area (Å²) in [6, 6.07) is 0. The van der Waals surface area contributed by atoms with E-state index in [4.69, 9.17) is 20.4 Å². The van der Waals surface area contributed by atoms with Gasteiger partial charge in [-0.15, -0.1) is 0 Å². The van der Waals surface area contributed by atoms with Gasteiger partial charge in [0.1, 0.15) is 0 Å². The molecule has 0 aromatic heterocycles. The Morgan fingerprint density at radius 3 is 0.444 bits per heavy atom. The summed E-state index contributed by atoms with van der Waals surface area (Å²) in [6.45, 7) is 0. The summed E-state index contributed by atoms with van der Waals surface area (Å²) in [6.07, 6.45) is 0. The van der Waals surface area contributed by atoms with E-state index in [0.29, 0.717) is 0 Å². The molecule has 9 heavy (non-hydrogen) atoms. The number of hydrogen-bond donors (Lipinski definition) is 4. The van der Waals surface area contributed by atoms with Crippen molar-refractivity contribution >= 4 is 0 Å². The van der Waals surface area contributed by atoms with E-state index >= 15 is 0 Å². The number of hydrogen-bond acceptors (Lipinski definition) is 4. The molecule has 0 spiro atoms. The molecule has 0 rings (SSSR count). The molecule has 56 valence electrons. The van der Waals surface area contributed by atoms with Crippen LogP contribution in [0.2, 0.25) is 0 Å². The second-order valence-corrected chi connectivity index (χ2v) is 0. The van der Waals surface area contributed by atoms with Crippen molar-refractivity contribution in [2.24, 2.45) is 0 Å². The monoisotopic (exact) mass is 172 g/mol. The van der Waals surface area contributed by atoms with Crippen LogP contribution in [-0.2, 0) is 21.7 Å². The Morgan fingerprint density at radius 1 is 0.444 bits per heavy atom. The van der Waals surface area contributed by atoms with Gasteiger partial charge in [-0.3, -0.25) is 0 Å².